The number of benzene rings is 10. The van der Waals surface area contributed by atoms with E-state index in [0.717, 1.165) is 193 Å². The van der Waals surface area contributed by atoms with Crippen molar-refractivity contribution in [2.24, 2.45) is 23.1 Å². The van der Waals surface area contributed by atoms with E-state index < -0.39 is 5.82 Å². The van der Waals surface area contributed by atoms with Gasteiger partial charge in [-0.3, -0.25) is 0 Å². The molecule has 3 aliphatic rings. The highest BCUT2D eigenvalue weighted by Crippen LogP contribution is 2.43. The minimum atomic E-state index is -0.404. The Kier molecular flexibility index (Phi) is 31.0. The van der Waals surface area contributed by atoms with Crippen LogP contribution < -0.4 is 57.2 Å². The van der Waals surface area contributed by atoms with E-state index in [2.05, 4.69) is 94.3 Å². The van der Waals surface area contributed by atoms with Crippen molar-refractivity contribution in [1.29, 1.82) is 0 Å². The molecule has 128 heavy (non-hydrogen) atoms. The van der Waals surface area contributed by atoms with Gasteiger partial charge in [0.15, 0.2) is 0 Å². The quantitative estimate of drug-likeness (QED) is 0.0278. The average Bonchev–Trinajstić information content (AvgIpc) is 1.88. The number of hydrogen-bond donors (Lipinski definition) is 6. The molecular weight excluding hydrogens is 1680 g/mol. The minimum absolute atomic E-state index is 0.0414. The summed E-state index contributed by atoms with van der Waals surface area (Å²) in [5.74, 6) is 5.45. The number of anilines is 4. The third kappa shape index (κ3) is 22.0. The van der Waals surface area contributed by atoms with Gasteiger partial charge in [-0.05, 0) is 259 Å². The molecule has 674 valence electrons. The number of rotatable bonds is 26. The van der Waals surface area contributed by atoms with Crippen LogP contribution in [-0.2, 0) is 26.2 Å². The van der Waals surface area contributed by atoms with Gasteiger partial charge in [0.25, 0.3) is 0 Å². The molecular formula is C102H119Cl3F4N16O3. The second kappa shape index (κ2) is 42.6. The van der Waals surface area contributed by atoms with Crippen molar-refractivity contribution in [3.05, 3.63) is 262 Å². The van der Waals surface area contributed by atoms with E-state index >= 15 is 0 Å². The molecule has 0 radical (unpaired) electrons. The molecule has 0 atom stereocenters. The normalized spacial score (nSPS) is 13.7. The Hall–Kier alpha value is -10.9. The highest BCUT2D eigenvalue weighted by molar-refractivity contribution is 6.34. The topological polar surface area (TPSA) is 220 Å². The van der Waals surface area contributed by atoms with Crippen LogP contribution in [0.15, 0.2) is 152 Å². The van der Waals surface area contributed by atoms with Crippen LogP contribution in [-0.4, -0.2) is 130 Å². The SMILES string of the molecule is Cc1cc(-c2ccccc2Cl)c2nc(N3CCCCC3)n(Cc3ccc(F)c(Cl)c3)c2c1.Cc1cc(Cn2c(N3CCNCC3)nc3c(-c4ccccc4OC(C)C)cc(Cl)cc32)cc(C)c1F.Cc1cc(OCC2CCCCC2)c2nc(NCCN)n(Cc3cc(C)c(F)c(C)c3)c2c1.Cc1cc(OCCN)c2nc(NCCN)n(Cc3cc(C)c(F)c(C)c3)c2c1. The number of halogens is 7. The summed E-state index contributed by atoms with van der Waals surface area (Å²) < 4.78 is 83.3. The van der Waals surface area contributed by atoms with Crippen LogP contribution in [0.1, 0.15) is 138 Å². The van der Waals surface area contributed by atoms with Crippen LogP contribution >= 0.6 is 34.8 Å². The minimum Gasteiger partial charge on any atom is -0.491 e. The first-order valence-corrected chi connectivity index (χ1v) is 45.8. The maximum absolute atomic E-state index is 14.4. The molecule has 0 amide bonds. The molecule has 1 saturated carbocycles. The Morgan fingerprint density at radius 3 is 1.37 bits per heavy atom. The number of aromatic nitrogens is 8. The van der Waals surface area contributed by atoms with E-state index in [4.69, 9.17) is 86.2 Å². The van der Waals surface area contributed by atoms with E-state index in [1.165, 1.54) is 44.6 Å². The molecule has 9 N–H and O–H groups in total. The number of fused-ring (bicyclic) bond motifs is 4. The zero-order valence-electron chi connectivity index (χ0n) is 75.3. The Bertz CT molecular complexity index is 6190. The molecule has 10 aromatic carbocycles. The van der Waals surface area contributed by atoms with Gasteiger partial charge in [-0.15, -0.1) is 0 Å². The molecule has 0 bridgehead atoms. The van der Waals surface area contributed by atoms with Crippen LogP contribution in [0.5, 0.6) is 17.2 Å². The lowest BCUT2D eigenvalue weighted by molar-refractivity contribution is 0.210. The van der Waals surface area contributed by atoms with Crippen molar-refractivity contribution in [3.8, 4) is 39.5 Å². The Morgan fingerprint density at radius 1 is 0.422 bits per heavy atom. The van der Waals surface area contributed by atoms with E-state index in [9.17, 15) is 17.6 Å². The molecule has 4 aromatic heterocycles. The fourth-order valence-electron chi connectivity index (χ4n) is 17.7. The second-order valence-electron chi connectivity index (χ2n) is 34.5. The first-order chi connectivity index (χ1) is 61.7. The lowest BCUT2D eigenvalue weighted by Gasteiger charge is -2.29. The molecule has 17 rings (SSSR count). The Morgan fingerprint density at radius 2 is 0.867 bits per heavy atom. The standard InChI is InChI=1S/C29H32ClFN4O.C26H24Cl2FN3.C26H35FN4O.C21H28FN5O/c1-18(2)36-26-8-6-5-7-23(26)24-15-22(30)16-25-28(24)33-29(34-11-9-32-10-12-34)35(25)17-21-13-19(3)27(31)20(4)14-21;1-17-13-20(19-7-3-4-8-21(19)27)25-24(14-17)32(16-18-9-10-23(29)22(28)15-18)26(30-25)31-11-5-2-6-12-31;1-17-11-22-25(23(12-17)32-16-20-7-5-4-6-8-20)30-26(29-10-9-28)31(22)15-21-13-18(2)24(27)19(3)14-21;1-13-8-17-20(18(9-13)28-7-5-24)26-21(25-6-4-23)27(17)12-16-10-14(2)19(22)15(3)11-16/h5-8,13-16,18,32H,9-12,17H2,1-4H3;3-4,7-10,13-15H,2,5-6,11-12,16H2,1H3;11-14,20H,4-10,15-16,28H2,1-3H3,(H,29,30);8-11H,4-7,12,23-24H2,1-3H3,(H,25,26). The number of imidazole rings is 4. The van der Waals surface area contributed by atoms with Crippen molar-refractivity contribution in [3.63, 3.8) is 0 Å². The maximum Gasteiger partial charge on any atom is 0.206 e. The van der Waals surface area contributed by atoms with Crippen molar-refractivity contribution < 1.29 is 31.8 Å². The van der Waals surface area contributed by atoms with Crippen molar-refractivity contribution >= 4 is 103 Å². The van der Waals surface area contributed by atoms with Gasteiger partial charge >= 0.3 is 0 Å². The first-order valence-electron chi connectivity index (χ1n) is 44.7. The zero-order chi connectivity index (χ0) is 90.6. The van der Waals surface area contributed by atoms with Gasteiger partial charge in [-0.2, -0.15) is 0 Å². The molecule has 6 heterocycles. The van der Waals surface area contributed by atoms with Crippen LogP contribution in [0.25, 0.3) is 66.4 Å². The van der Waals surface area contributed by atoms with Gasteiger partial charge in [-0.25, -0.2) is 37.5 Å². The molecule has 0 spiro atoms. The number of aryl methyl sites for hydroxylation is 9. The fourth-order valence-corrected chi connectivity index (χ4v) is 18.4. The summed E-state index contributed by atoms with van der Waals surface area (Å²) in [5.41, 5.74) is 39.6. The van der Waals surface area contributed by atoms with E-state index in [1.807, 2.05) is 146 Å². The van der Waals surface area contributed by atoms with Crippen LogP contribution in [0.2, 0.25) is 15.1 Å². The van der Waals surface area contributed by atoms with Gasteiger partial charge in [0.05, 0.1) is 77.0 Å². The van der Waals surface area contributed by atoms with E-state index in [1.54, 1.807) is 26.0 Å². The number of piperazine rings is 1. The molecule has 1 aliphatic carbocycles. The molecule has 2 aliphatic heterocycles. The van der Waals surface area contributed by atoms with Crippen molar-refractivity contribution in [1.82, 2.24) is 43.5 Å². The Balaban J connectivity index is 0.000000139. The second-order valence-corrected chi connectivity index (χ2v) is 35.7. The lowest BCUT2D eigenvalue weighted by Crippen LogP contribution is -2.44. The van der Waals surface area contributed by atoms with Gasteiger partial charge in [0.2, 0.25) is 23.8 Å². The number of nitrogens with zero attached hydrogens (tertiary/aromatic N) is 10. The zero-order valence-corrected chi connectivity index (χ0v) is 77.6. The van der Waals surface area contributed by atoms with Gasteiger partial charge in [0.1, 0.15) is 58.2 Å². The fraction of sp³-hybridized carbons (Fsp3) is 0.373. The molecule has 2 saturated heterocycles. The van der Waals surface area contributed by atoms with Crippen molar-refractivity contribution in [2.45, 2.75) is 160 Å². The number of ether oxygens (including phenoxy) is 3. The summed E-state index contributed by atoms with van der Waals surface area (Å²) in [5, 5.41) is 11.6. The molecule has 19 nitrogen and oxygen atoms in total. The van der Waals surface area contributed by atoms with Gasteiger partial charge < -0.3 is 75.4 Å². The third-order valence-electron chi connectivity index (χ3n) is 23.7. The smallest absolute Gasteiger partial charge is 0.206 e. The van der Waals surface area contributed by atoms with Crippen LogP contribution in [0.3, 0.4) is 0 Å². The molecule has 3 fully saturated rings. The molecule has 14 aromatic rings. The highest BCUT2D eigenvalue weighted by atomic mass is 35.5. The van der Waals surface area contributed by atoms with Gasteiger partial charge in [0, 0.05) is 104 Å². The third-order valence-corrected chi connectivity index (χ3v) is 24.5. The van der Waals surface area contributed by atoms with Gasteiger partial charge in [-0.1, -0.05) is 133 Å². The van der Waals surface area contributed by atoms with E-state index in [0.29, 0.717) is 127 Å². The summed E-state index contributed by atoms with van der Waals surface area (Å²) >= 11 is 19.4. The summed E-state index contributed by atoms with van der Waals surface area (Å²) in [6.07, 6.45) is 10.0. The first kappa shape index (κ1) is 93.3. The largest absolute Gasteiger partial charge is 0.491 e. The van der Waals surface area contributed by atoms with Crippen LogP contribution in [0.4, 0.5) is 41.4 Å². The number of piperidine rings is 1. The predicted octanol–water partition coefficient (Wildman–Crippen LogP) is 22.2. The maximum atomic E-state index is 14.4. The number of nitrogens with two attached hydrogens (primary N) is 3. The summed E-state index contributed by atoms with van der Waals surface area (Å²) in [7, 11) is 0. The number of para-hydroxylation sites is 1. The molecule has 26 heteroatoms. The van der Waals surface area contributed by atoms with Crippen LogP contribution in [0, 0.1) is 91.5 Å². The predicted molar refractivity (Wildman–Crippen MR) is 518 cm³/mol. The number of hydrogen-bond acceptors (Lipinski definition) is 15. The number of nitrogens with one attached hydrogen (secondary N) is 3. The summed E-state index contributed by atoms with van der Waals surface area (Å²) in [4.78, 5) is 24.7. The lowest BCUT2D eigenvalue weighted by atomic mass is 9.90. The monoisotopic (exact) mass is 1800 g/mol. The highest BCUT2D eigenvalue weighted by Gasteiger charge is 2.28. The average molecular weight is 1800 g/mol. The van der Waals surface area contributed by atoms with Crippen molar-refractivity contribution in [2.75, 3.05) is 106 Å². The summed E-state index contributed by atoms with van der Waals surface area (Å²) in [6, 6.07) is 48.8. The summed E-state index contributed by atoms with van der Waals surface area (Å²) in [6.45, 7) is 32.7. The Labute approximate surface area is 763 Å². The molecule has 0 unspecified atom stereocenters. The van der Waals surface area contributed by atoms with E-state index in [-0.39, 0.29) is 28.6 Å².